The van der Waals surface area contributed by atoms with Gasteiger partial charge in [0.25, 0.3) is 5.91 Å². The van der Waals surface area contributed by atoms with E-state index in [1.54, 1.807) is 18.2 Å². The minimum absolute atomic E-state index is 0.0726. The zero-order valence-corrected chi connectivity index (χ0v) is 12.3. The van der Waals surface area contributed by atoms with Gasteiger partial charge in [-0.25, -0.2) is 8.42 Å². The van der Waals surface area contributed by atoms with Crippen LogP contribution in [0.15, 0.2) is 18.2 Å². The molecule has 5 nitrogen and oxygen atoms in total. The minimum atomic E-state index is -3.09. The van der Waals surface area contributed by atoms with E-state index in [0.29, 0.717) is 11.1 Å². The molecule has 6 heteroatoms. The molecule has 0 bridgehead atoms. The summed E-state index contributed by atoms with van der Waals surface area (Å²) in [6.07, 6.45) is 1.12. The van der Waals surface area contributed by atoms with E-state index in [1.165, 1.54) is 0 Å². The van der Waals surface area contributed by atoms with Crippen molar-refractivity contribution in [1.82, 2.24) is 5.32 Å². The molecule has 0 atom stereocenters. The Kier molecular flexibility index (Phi) is 5.74. The normalized spacial score (nSPS) is 10.6. The van der Waals surface area contributed by atoms with Crippen LogP contribution in [0.25, 0.3) is 0 Å². The largest absolute Gasteiger partial charge is 0.384 e. The lowest BCUT2D eigenvalue weighted by Crippen LogP contribution is -2.28. The molecule has 0 unspecified atom stereocenters. The van der Waals surface area contributed by atoms with Crippen LogP contribution >= 0.6 is 0 Å². The number of rotatable bonds is 4. The number of nitrogens with one attached hydrogen (secondary N) is 1. The Labute approximate surface area is 118 Å². The quantitative estimate of drug-likeness (QED) is 0.773. The summed E-state index contributed by atoms with van der Waals surface area (Å²) in [6, 6.07) is 5.02. The van der Waals surface area contributed by atoms with Crippen LogP contribution in [-0.2, 0) is 9.84 Å². The molecule has 0 aliphatic carbocycles. The van der Waals surface area contributed by atoms with E-state index in [2.05, 4.69) is 17.2 Å². The molecule has 0 aliphatic heterocycles. The molecule has 0 aliphatic rings. The van der Waals surface area contributed by atoms with Crippen LogP contribution < -0.4 is 5.32 Å². The van der Waals surface area contributed by atoms with Crippen LogP contribution in [0.1, 0.15) is 21.5 Å². The van der Waals surface area contributed by atoms with E-state index in [1.807, 2.05) is 6.92 Å². The number of aliphatic hydroxyl groups is 1. The number of sulfone groups is 1. The topological polar surface area (TPSA) is 83.5 Å². The first-order chi connectivity index (χ1) is 9.33. The Morgan fingerprint density at radius 2 is 2.10 bits per heavy atom. The number of amides is 1. The third-order valence-electron chi connectivity index (χ3n) is 2.56. The fraction of sp³-hybridized carbons (Fsp3) is 0.357. The number of hydrogen-bond donors (Lipinski definition) is 2. The standard InChI is InChI=1S/C14H17NO4S/c1-11-5-6-13(10-12(11)4-3-8-16)14(17)15-7-9-20(2,18)19/h5-6,10,16H,7-9H2,1-2H3,(H,15,17). The highest BCUT2D eigenvalue weighted by atomic mass is 32.2. The van der Waals surface area contributed by atoms with Gasteiger partial charge in [-0.3, -0.25) is 4.79 Å². The highest BCUT2D eigenvalue weighted by Crippen LogP contribution is 2.10. The zero-order chi connectivity index (χ0) is 15.2. The Hall–Kier alpha value is -1.84. The molecule has 0 saturated carbocycles. The second-order valence-corrected chi connectivity index (χ2v) is 6.64. The third kappa shape index (κ3) is 5.43. The highest BCUT2D eigenvalue weighted by Gasteiger charge is 2.08. The van der Waals surface area contributed by atoms with Gasteiger partial charge in [-0.15, -0.1) is 0 Å². The van der Waals surface area contributed by atoms with E-state index >= 15 is 0 Å². The average molecular weight is 295 g/mol. The first-order valence-corrected chi connectivity index (χ1v) is 8.06. The number of hydrogen-bond acceptors (Lipinski definition) is 4. The fourth-order valence-electron chi connectivity index (χ4n) is 1.48. The summed E-state index contributed by atoms with van der Waals surface area (Å²) in [5.41, 5.74) is 1.97. The van der Waals surface area contributed by atoms with Gasteiger partial charge in [-0.1, -0.05) is 17.9 Å². The van der Waals surface area contributed by atoms with Crippen molar-refractivity contribution in [2.45, 2.75) is 6.92 Å². The monoisotopic (exact) mass is 295 g/mol. The van der Waals surface area contributed by atoms with E-state index < -0.39 is 9.84 Å². The number of aryl methyl sites for hydroxylation is 1. The predicted octanol–water partition coefficient (Wildman–Crippen LogP) is 0.113. The van der Waals surface area contributed by atoms with Gasteiger partial charge in [-0.05, 0) is 24.6 Å². The zero-order valence-electron chi connectivity index (χ0n) is 11.4. The molecule has 0 heterocycles. The van der Waals surface area contributed by atoms with Crippen molar-refractivity contribution in [2.75, 3.05) is 25.2 Å². The van der Waals surface area contributed by atoms with Gasteiger partial charge in [0.1, 0.15) is 16.4 Å². The van der Waals surface area contributed by atoms with E-state index in [9.17, 15) is 13.2 Å². The predicted molar refractivity (Wildman–Crippen MR) is 77.2 cm³/mol. The average Bonchev–Trinajstić information content (AvgIpc) is 2.36. The summed E-state index contributed by atoms with van der Waals surface area (Å²) in [5.74, 6) is 4.85. The molecule has 108 valence electrons. The molecule has 1 amide bonds. The van der Waals surface area contributed by atoms with Crippen molar-refractivity contribution >= 4 is 15.7 Å². The number of aliphatic hydroxyl groups excluding tert-OH is 1. The van der Waals surface area contributed by atoms with Crippen LogP contribution in [0.4, 0.5) is 0 Å². The smallest absolute Gasteiger partial charge is 0.251 e. The molecule has 1 aromatic carbocycles. The van der Waals surface area contributed by atoms with Gasteiger partial charge in [0.2, 0.25) is 0 Å². The Bertz CT molecular complexity index is 653. The second-order valence-electron chi connectivity index (χ2n) is 4.38. The van der Waals surface area contributed by atoms with Gasteiger partial charge in [-0.2, -0.15) is 0 Å². The molecule has 20 heavy (non-hydrogen) atoms. The molecule has 0 aromatic heterocycles. The summed E-state index contributed by atoms with van der Waals surface area (Å²) in [6.45, 7) is 1.68. The summed E-state index contributed by atoms with van der Waals surface area (Å²) in [4.78, 5) is 11.9. The van der Waals surface area contributed by atoms with Crippen LogP contribution in [0.3, 0.4) is 0 Å². The second kappa shape index (κ2) is 7.08. The fourth-order valence-corrected chi connectivity index (χ4v) is 1.96. The molecule has 0 saturated heterocycles. The Balaban J connectivity index is 2.78. The maximum atomic E-state index is 11.9. The van der Waals surface area contributed by atoms with Gasteiger partial charge < -0.3 is 10.4 Å². The number of carbonyl (C=O) groups excluding carboxylic acids is 1. The molecular formula is C14H17NO4S. The van der Waals surface area contributed by atoms with Crippen molar-refractivity contribution in [3.8, 4) is 11.8 Å². The Morgan fingerprint density at radius 3 is 2.70 bits per heavy atom. The van der Waals surface area contributed by atoms with Crippen molar-refractivity contribution in [1.29, 1.82) is 0 Å². The van der Waals surface area contributed by atoms with Gasteiger partial charge in [0, 0.05) is 23.9 Å². The van der Waals surface area contributed by atoms with Crippen LogP contribution in [0.5, 0.6) is 0 Å². The lowest BCUT2D eigenvalue weighted by Gasteiger charge is -2.06. The summed E-state index contributed by atoms with van der Waals surface area (Å²) in [5, 5.41) is 11.2. The SMILES string of the molecule is Cc1ccc(C(=O)NCCS(C)(=O)=O)cc1C#CCO. The van der Waals surface area contributed by atoms with Crippen LogP contribution in [-0.4, -0.2) is 44.6 Å². The highest BCUT2D eigenvalue weighted by molar-refractivity contribution is 7.90. The van der Waals surface area contributed by atoms with E-state index in [4.69, 9.17) is 5.11 Å². The van der Waals surface area contributed by atoms with Gasteiger partial charge in [0.05, 0.1) is 5.75 Å². The van der Waals surface area contributed by atoms with Gasteiger partial charge >= 0.3 is 0 Å². The summed E-state index contributed by atoms with van der Waals surface area (Å²) < 4.78 is 21.9. The molecule has 0 radical (unpaired) electrons. The number of carbonyl (C=O) groups is 1. The van der Waals surface area contributed by atoms with Crippen molar-refractivity contribution in [3.63, 3.8) is 0 Å². The van der Waals surface area contributed by atoms with Gasteiger partial charge in [0.15, 0.2) is 0 Å². The molecule has 2 N–H and O–H groups in total. The lowest BCUT2D eigenvalue weighted by atomic mass is 10.0. The third-order valence-corrected chi connectivity index (χ3v) is 3.51. The summed E-state index contributed by atoms with van der Waals surface area (Å²) >= 11 is 0. The molecule has 1 aromatic rings. The molecular weight excluding hydrogens is 278 g/mol. The maximum absolute atomic E-state index is 11.9. The van der Waals surface area contributed by atoms with Crippen LogP contribution in [0, 0.1) is 18.8 Å². The summed E-state index contributed by atoms with van der Waals surface area (Å²) in [7, 11) is -3.09. The molecule has 0 fully saturated rings. The van der Waals surface area contributed by atoms with Crippen LogP contribution in [0.2, 0.25) is 0 Å². The first-order valence-electron chi connectivity index (χ1n) is 6.00. The van der Waals surface area contributed by atoms with E-state index in [0.717, 1.165) is 11.8 Å². The van der Waals surface area contributed by atoms with Crippen molar-refractivity contribution in [2.24, 2.45) is 0 Å². The Morgan fingerprint density at radius 1 is 1.40 bits per heavy atom. The van der Waals surface area contributed by atoms with E-state index in [-0.39, 0.29) is 24.8 Å². The van der Waals surface area contributed by atoms with Crippen molar-refractivity contribution in [3.05, 3.63) is 34.9 Å². The molecule has 0 spiro atoms. The number of benzene rings is 1. The maximum Gasteiger partial charge on any atom is 0.251 e. The minimum Gasteiger partial charge on any atom is -0.384 e. The molecule has 1 rings (SSSR count). The lowest BCUT2D eigenvalue weighted by molar-refractivity contribution is 0.0956. The van der Waals surface area contributed by atoms with Crippen molar-refractivity contribution < 1.29 is 18.3 Å². The first kappa shape index (κ1) is 16.2.